The largest absolute Gasteiger partial charge is 0.320 e. The fraction of sp³-hybridized carbons (Fsp3) is 0.500. The summed E-state index contributed by atoms with van der Waals surface area (Å²) in [6.07, 6.45) is 2.94. The van der Waals surface area contributed by atoms with E-state index in [1.807, 2.05) is 7.05 Å². The van der Waals surface area contributed by atoms with Crippen LogP contribution in [-0.4, -0.2) is 28.6 Å². The summed E-state index contributed by atoms with van der Waals surface area (Å²) in [4.78, 5) is 0.306. The first-order chi connectivity index (χ1) is 8.56. The summed E-state index contributed by atoms with van der Waals surface area (Å²) in [6, 6.07) is 6.63. The Morgan fingerprint density at radius 3 is 2.28 bits per heavy atom. The number of nitrogens with one attached hydrogen (secondary N) is 2. The summed E-state index contributed by atoms with van der Waals surface area (Å²) in [6.45, 7) is 1.46. The van der Waals surface area contributed by atoms with Gasteiger partial charge in [0.1, 0.15) is 0 Å². The molecule has 0 unspecified atom stereocenters. The first-order valence-corrected chi connectivity index (χ1v) is 8.24. The molecule has 2 N–H and O–H groups in total. The lowest BCUT2D eigenvalue weighted by Gasteiger charge is -2.06. The van der Waals surface area contributed by atoms with Crippen LogP contribution in [0.1, 0.15) is 19.3 Å². The first-order valence-electron chi connectivity index (χ1n) is 5.96. The molecule has 0 fully saturated rings. The molecule has 0 heterocycles. The molecule has 102 valence electrons. The molecule has 0 aliphatic rings. The van der Waals surface area contributed by atoms with Crippen LogP contribution in [0.5, 0.6) is 0 Å². The highest BCUT2D eigenvalue weighted by Gasteiger charge is 2.12. The summed E-state index contributed by atoms with van der Waals surface area (Å²) in [5.74, 6) is 0. The average molecular weight is 335 g/mol. The minimum absolute atomic E-state index is 0.306. The number of unbranched alkanes of at least 4 members (excludes halogenated alkanes) is 2. The van der Waals surface area contributed by atoms with E-state index in [9.17, 15) is 8.42 Å². The molecule has 0 aliphatic carbocycles. The lowest BCUT2D eigenvalue weighted by molar-refractivity contribution is 0.572. The Labute approximate surface area is 117 Å². The van der Waals surface area contributed by atoms with Gasteiger partial charge in [0.25, 0.3) is 0 Å². The maximum absolute atomic E-state index is 11.9. The van der Waals surface area contributed by atoms with Gasteiger partial charge in [0, 0.05) is 11.0 Å². The molecule has 0 spiro atoms. The van der Waals surface area contributed by atoms with E-state index in [0.29, 0.717) is 11.4 Å². The summed E-state index contributed by atoms with van der Waals surface area (Å²) in [5, 5.41) is 3.06. The Balaban J connectivity index is 2.38. The molecule has 1 rings (SSSR count). The maximum Gasteiger partial charge on any atom is 0.240 e. The summed E-state index contributed by atoms with van der Waals surface area (Å²) in [5.41, 5.74) is 0. The van der Waals surface area contributed by atoms with Crippen LogP contribution in [0.25, 0.3) is 0 Å². The van der Waals surface area contributed by atoms with Gasteiger partial charge < -0.3 is 5.32 Å². The molecule has 0 saturated heterocycles. The van der Waals surface area contributed by atoms with Gasteiger partial charge in [-0.1, -0.05) is 22.4 Å². The molecule has 0 aliphatic heterocycles. The van der Waals surface area contributed by atoms with E-state index >= 15 is 0 Å². The van der Waals surface area contributed by atoms with Gasteiger partial charge in [-0.3, -0.25) is 0 Å². The zero-order chi connectivity index (χ0) is 13.4. The number of hydrogen-bond donors (Lipinski definition) is 2. The Morgan fingerprint density at radius 2 is 1.67 bits per heavy atom. The van der Waals surface area contributed by atoms with Crippen LogP contribution in [0.4, 0.5) is 0 Å². The topological polar surface area (TPSA) is 58.2 Å². The molecule has 6 heteroatoms. The number of benzene rings is 1. The van der Waals surface area contributed by atoms with Crippen molar-refractivity contribution in [1.29, 1.82) is 0 Å². The molecule has 0 atom stereocenters. The Morgan fingerprint density at radius 1 is 1.06 bits per heavy atom. The second-order valence-electron chi connectivity index (χ2n) is 4.02. The van der Waals surface area contributed by atoms with E-state index in [4.69, 9.17) is 0 Å². The van der Waals surface area contributed by atoms with Gasteiger partial charge in [0.15, 0.2) is 0 Å². The smallest absolute Gasteiger partial charge is 0.240 e. The van der Waals surface area contributed by atoms with Crippen LogP contribution in [0, 0.1) is 0 Å². The molecule has 1 aromatic carbocycles. The Kier molecular flexibility index (Phi) is 6.85. The first kappa shape index (κ1) is 15.6. The van der Waals surface area contributed by atoms with Crippen LogP contribution < -0.4 is 10.0 Å². The zero-order valence-electron chi connectivity index (χ0n) is 10.4. The van der Waals surface area contributed by atoms with Gasteiger partial charge in [0.2, 0.25) is 10.0 Å². The van der Waals surface area contributed by atoms with Gasteiger partial charge in [-0.15, -0.1) is 0 Å². The number of rotatable bonds is 8. The van der Waals surface area contributed by atoms with Crippen molar-refractivity contribution in [3.8, 4) is 0 Å². The van der Waals surface area contributed by atoms with Crippen molar-refractivity contribution < 1.29 is 8.42 Å². The molecule has 18 heavy (non-hydrogen) atoms. The van der Waals surface area contributed by atoms with E-state index in [-0.39, 0.29) is 0 Å². The normalized spacial score (nSPS) is 11.7. The molecule has 0 aromatic heterocycles. The predicted octanol–water partition coefficient (Wildman–Crippen LogP) is 2.12. The van der Waals surface area contributed by atoms with Crippen molar-refractivity contribution in [3.05, 3.63) is 28.7 Å². The SMILES string of the molecule is CNCCCCCNS(=O)(=O)c1ccc(Br)cc1. The second-order valence-corrected chi connectivity index (χ2v) is 6.70. The van der Waals surface area contributed by atoms with Crippen molar-refractivity contribution in [2.45, 2.75) is 24.2 Å². The highest BCUT2D eigenvalue weighted by molar-refractivity contribution is 9.10. The lowest BCUT2D eigenvalue weighted by atomic mass is 10.2. The fourth-order valence-electron chi connectivity index (χ4n) is 1.51. The monoisotopic (exact) mass is 334 g/mol. The van der Waals surface area contributed by atoms with Crippen LogP contribution in [-0.2, 0) is 10.0 Å². The molecule has 0 amide bonds. The minimum Gasteiger partial charge on any atom is -0.320 e. The number of sulfonamides is 1. The Hall–Kier alpha value is -0.430. The van der Waals surface area contributed by atoms with Crippen molar-refractivity contribution in [2.24, 2.45) is 0 Å². The van der Waals surface area contributed by atoms with Crippen molar-refractivity contribution in [1.82, 2.24) is 10.0 Å². The van der Waals surface area contributed by atoms with Crippen molar-refractivity contribution >= 4 is 26.0 Å². The van der Waals surface area contributed by atoms with Gasteiger partial charge in [-0.2, -0.15) is 0 Å². The van der Waals surface area contributed by atoms with Crippen molar-refractivity contribution in [3.63, 3.8) is 0 Å². The van der Waals surface area contributed by atoms with Crippen LogP contribution in [0.2, 0.25) is 0 Å². The Bertz CT molecular complexity index is 446. The molecule has 4 nitrogen and oxygen atoms in total. The van der Waals surface area contributed by atoms with Crippen LogP contribution in [0.15, 0.2) is 33.6 Å². The third kappa shape index (κ3) is 5.48. The summed E-state index contributed by atoms with van der Waals surface area (Å²) < 4.78 is 27.3. The third-order valence-electron chi connectivity index (χ3n) is 2.52. The quantitative estimate of drug-likeness (QED) is 0.716. The second kappa shape index (κ2) is 7.89. The fourth-order valence-corrected chi connectivity index (χ4v) is 2.85. The summed E-state index contributed by atoms with van der Waals surface area (Å²) in [7, 11) is -1.44. The zero-order valence-corrected chi connectivity index (χ0v) is 12.9. The molecular formula is C12H19BrN2O2S. The predicted molar refractivity (Wildman–Crippen MR) is 77.1 cm³/mol. The molecule has 1 aromatic rings. The lowest BCUT2D eigenvalue weighted by Crippen LogP contribution is -2.24. The van der Waals surface area contributed by atoms with E-state index in [1.165, 1.54) is 0 Å². The maximum atomic E-state index is 11.9. The van der Waals surface area contributed by atoms with Crippen molar-refractivity contribution in [2.75, 3.05) is 20.1 Å². The third-order valence-corrected chi connectivity index (χ3v) is 4.53. The van der Waals surface area contributed by atoms with Gasteiger partial charge in [-0.05, 0) is 50.7 Å². The minimum atomic E-state index is -3.36. The van der Waals surface area contributed by atoms with E-state index in [2.05, 4.69) is 26.0 Å². The summed E-state index contributed by atoms with van der Waals surface area (Å²) >= 11 is 3.28. The van der Waals surface area contributed by atoms with Crippen LogP contribution in [0.3, 0.4) is 0 Å². The number of halogens is 1. The molecular weight excluding hydrogens is 316 g/mol. The molecule has 0 radical (unpaired) electrons. The van der Waals surface area contributed by atoms with Gasteiger partial charge >= 0.3 is 0 Å². The average Bonchev–Trinajstić information content (AvgIpc) is 2.34. The number of hydrogen-bond acceptors (Lipinski definition) is 3. The molecule has 0 saturated carbocycles. The van der Waals surface area contributed by atoms with Crippen LogP contribution >= 0.6 is 15.9 Å². The standard InChI is InChI=1S/C12H19BrN2O2S/c1-14-9-3-2-4-10-15-18(16,17)12-7-5-11(13)6-8-12/h5-8,14-15H,2-4,9-10H2,1H3. The van der Waals surface area contributed by atoms with Gasteiger partial charge in [-0.25, -0.2) is 13.1 Å². The van der Waals surface area contributed by atoms with E-state index in [0.717, 1.165) is 30.3 Å². The highest BCUT2D eigenvalue weighted by Crippen LogP contribution is 2.14. The van der Waals surface area contributed by atoms with Gasteiger partial charge in [0.05, 0.1) is 4.90 Å². The molecule has 0 bridgehead atoms. The van der Waals surface area contributed by atoms with E-state index < -0.39 is 10.0 Å². The highest BCUT2D eigenvalue weighted by atomic mass is 79.9. The van der Waals surface area contributed by atoms with E-state index in [1.54, 1.807) is 24.3 Å².